The third kappa shape index (κ3) is 2.21. The molecule has 1 heterocycles. The molecule has 0 bridgehead atoms. The molecule has 112 valence electrons. The Hall–Kier alpha value is -2.15. The number of benzene rings is 2. The highest BCUT2D eigenvalue weighted by atomic mass is 16.6. The Balaban J connectivity index is 2.14. The summed E-state index contributed by atoms with van der Waals surface area (Å²) in [4.78, 5) is 0. The van der Waals surface area contributed by atoms with E-state index in [1.807, 2.05) is 51.1 Å². The summed E-state index contributed by atoms with van der Waals surface area (Å²) in [6, 6.07) is 12.2. The molecule has 0 aliphatic carbocycles. The van der Waals surface area contributed by atoms with Crippen molar-refractivity contribution >= 4 is 0 Å². The summed E-state index contributed by atoms with van der Waals surface area (Å²) in [6.07, 6.45) is -0.451. The van der Waals surface area contributed by atoms with Gasteiger partial charge in [0.15, 0.2) is 6.29 Å². The molecule has 1 aliphatic heterocycles. The lowest BCUT2D eigenvalue weighted by Crippen LogP contribution is -2.23. The maximum Gasteiger partial charge on any atom is 0.182 e. The SMILES string of the molecule is Cc1c(C)c2c(c(C)c1C#N)CC(c1ccccc1)OC2O. The fourth-order valence-electron chi connectivity index (χ4n) is 3.34. The van der Waals surface area contributed by atoms with Crippen molar-refractivity contribution < 1.29 is 9.84 Å². The molecule has 0 radical (unpaired) electrons. The van der Waals surface area contributed by atoms with Gasteiger partial charge in [-0.15, -0.1) is 0 Å². The Morgan fingerprint density at radius 2 is 1.77 bits per heavy atom. The highest BCUT2D eigenvalue weighted by Crippen LogP contribution is 2.41. The standard InChI is InChI=1S/C19H19NO2/c1-11-12(2)18-15(13(3)16(11)10-20)9-17(22-19(18)21)14-7-5-4-6-8-14/h4-8,17,19,21H,9H2,1-3H3. The van der Waals surface area contributed by atoms with Crippen molar-refractivity contribution in [2.24, 2.45) is 0 Å². The van der Waals surface area contributed by atoms with Crippen LogP contribution in [0.5, 0.6) is 0 Å². The fraction of sp³-hybridized carbons (Fsp3) is 0.316. The summed E-state index contributed by atoms with van der Waals surface area (Å²) >= 11 is 0. The predicted molar refractivity (Wildman–Crippen MR) is 84.3 cm³/mol. The number of rotatable bonds is 1. The lowest BCUT2D eigenvalue weighted by atomic mass is 9.83. The molecule has 0 aromatic heterocycles. The average Bonchev–Trinajstić information content (AvgIpc) is 2.53. The molecule has 22 heavy (non-hydrogen) atoms. The van der Waals surface area contributed by atoms with Gasteiger partial charge in [-0.25, -0.2) is 0 Å². The van der Waals surface area contributed by atoms with Crippen molar-refractivity contribution in [2.45, 2.75) is 39.6 Å². The minimum atomic E-state index is -0.945. The normalized spacial score (nSPS) is 20.3. The molecule has 3 heteroatoms. The van der Waals surface area contributed by atoms with Gasteiger partial charge < -0.3 is 9.84 Å². The minimum Gasteiger partial charge on any atom is -0.364 e. The van der Waals surface area contributed by atoms with Crippen LogP contribution in [0.3, 0.4) is 0 Å². The van der Waals surface area contributed by atoms with E-state index in [2.05, 4.69) is 6.07 Å². The zero-order chi connectivity index (χ0) is 15.9. The molecule has 0 saturated heterocycles. The third-order valence-electron chi connectivity index (χ3n) is 4.71. The molecule has 0 saturated carbocycles. The maximum atomic E-state index is 10.5. The van der Waals surface area contributed by atoms with Gasteiger partial charge in [0, 0.05) is 12.0 Å². The molecule has 0 spiro atoms. The molecule has 1 N–H and O–H groups in total. The Kier molecular flexibility index (Phi) is 3.74. The first-order valence-electron chi connectivity index (χ1n) is 7.45. The summed E-state index contributed by atoms with van der Waals surface area (Å²) in [5.41, 5.74) is 6.49. The molecule has 2 aromatic carbocycles. The first-order valence-corrected chi connectivity index (χ1v) is 7.45. The zero-order valence-corrected chi connectivity index (χ0v) is 13.1. The van der Waals surface area contributed by atoms with E-state index in [-0.39, 0.29) is 6.10 Å². The van der Waals surface area contributed by atoms with Crippen LogP contribution in [0.1, 0.15) is 51.3 Å². The van der Waals surface area contributed by atoms with Gasteiger partial charge >= 0.3 is 0 Å². The van der Waals surface area contributed by atoms with Crippen LogP contribution < -0.4 is 0 Å². The summed E-state index contributed by atoms with van der Waals surface area (Å²) < 4.78 is 5.84. The average molecular weight is 293 g/mol. The molecular weight excluding hydrogens is 274 g/mol. The summed E-state index contributed by atoms with van der Waals surface area (Å²) in [7, 11) is 0. The van der Waals surface area contributed by atoms with Crippen molar-refractivity contribution in [3.63, 3.8) is 0 Å². The van der Waals surface area contributed by atoms with Crippen LogP contribution in [-0.4, -0.2) is 5.11 Å². The van der Waals surface area contributed by atoms with E-state index in [1.165, 1.54) is 0 Å². The van der Waals surface area contributed by atoms with Gasteiger partial charge in [0.05, 0.1) is 17.7 Å². The second-order valence-electron chi connectivity index (χ2n) is 5.85. The van der Waals surface area contributed by atoms with Crippen molar-refractivity contribution in [3.05, 3.63) is 69.3 Å². The second-order valence-corrected chi connectivity index (χ2v) is 5.85. The number of hydrogen-bond acceptors (Lipinski definition) is 3. The topological polar surface area (TPSA) is 53.2 Å². The lowest BCUT2D eigenvalue weighted by Gasteiger charge is -2.33. The largest absolute Gasteiger partial charge is 0.364 e. The first-order chi connectivity index (χ1) is 10.5. The predicted octanol–water partition coefficient (Wildman–Crippen LogP) is 3.79. The molecule has 2 unspecified atom stereocenters. The van der Waals surface area contributed by atoms with E-state index in [9.17, 15) is 10.4 Å². The van der Waals surface area contributed by atoms with Crippen molar-refractivity contribution in [3.8, 4) is 6.07 Å². The van der Waals surface area contributed by atoms with Crippen LogP contribution in [0.15, 0.2) is 30.3 Å². The highest BCUT2D eigenvalue weighted by molar-refractivity contribution is 5.56. The molecule has 3 rings (SSSR count). The van der Waals surface area contributed by atoms with Crippen molar-refractivity contribution in [1.82, 2.24) is 0 Å². The summed E-state index contributed by atoms with van der Waals surface area (Å²) in [5, 5.41) is 19.9. The van der Waals surface area contributed by atoms with Crippen LogP contribution in [0.2, 0.25) is 0 Å². The Bertz CT molecular complexity index is 759. The molecule has 2 aromatic rings. The second kappa shape index (κ2) is 5.57. The monoisotopic (exact) mass is 293 g/mol. The van der Waals surface area contributed by atoms with E-state index in [1.54, 1.807) is 0 Å². The molecule has 2 atom stereocenters. The number of fused-ring (bicyclic) bond motifs is 1. The van der Waals surface area contributed by atoms with Crippen LogP contribution >= 0.6 is 0 Å². The first kappa shape index (κ1) is 14.8. The van der Waals surface area contributed by atoms with Gasteiger partial charge in [-0.1, -0.05) is 30.3 Å². The van der Waals surface area contributed by atoms with Gasteiger partial charge in [-0.2, -0.15) is 5.26 Å². The van der Waals surface area contributed by atoms with Crippen LogP contribution in [0, 0.1) is 32.1 Å². The van der Waals surface area contributed by atoms with E-state index in [0.29, 0.717) is 6.42 Å². The number of aliphatic hydroxyl groups excluding tert-OH is 1. The van der Waals surface area contributed by atoms with E-state index in [0.717, 1.165) is 38.9 Å². The zero-order valence-electron chi connectivity index (χ0n) is 13.1. The highest BCUT2D eigenvalue weighted by Gasteiger charge is 2.31. The number of ether oxygens (including phenoxy) is 1. The Labute approximate surface area is 130 Å². The molecular formula is C19H19NO2. The van der Waals surface area contributed by atoms with Crippen LogP contribution in [0.25, 0.3) is 0 Å². The maximum absolute atomic E-state index is 10.5. The molecule has 0 fully saturated rings. The minimum absolute atomic E-state index is 0.184. The van der Waals surface area contributed by atoms with Crippen molar-refractivity contribution in [1.29, 1.82) is 5.26 Å². The summed E-state index contributed by atoms with van der Waals surface area (Å²) in [6.45, 7) is 5.84. The van der Waals surface area contributed by atoms with E-state index >= 15 is 0 Å². The molecule has 0 amide bonds. The molecule has 3 nitrogen and oxygen atoms in total. The van der Waals surface area contributed by atoms with Gasteiger partial charge in [0.2, 0.25) is 0 Å². The van der Waals surface area contributed by atoms with Gasteiger partial charge in [-0.05, 0) is 48.6 Å². The van der Waals surface area contributed by atoms with Crippen LogP contribution in [-0.2, 0) is 11.2 Å². The summed E-state index contributed by atoms with van der Waals surface area (Å²) in [5.74, 6) is 0. The quantitative estimate of drug-likeness (QED) is 0.870. The number of hydrogen-bond donors (Lipinski definition) is 1. The Morgan fingerprint density at radius 3 is 2.41 bits per heavy atom. The number of aliphatic hydroxyl groups is 1. The van der Waals surface area contributed by atoms with Crippen LogP contribution in [0.4, 0.5) is 0 Å². The van der Waals surface area contributed by atoms with Crippen molar-refractivity contribution in [2.75, 3.05) is 0 Å². The van der Waals surface area contributed by atoms with E-state index < -0.39 is 6.29 Å². The third-order valence-corrected chi connectivity index (χ3v) is 4.71. The number of nitrogens with zero attached hydrogens (tertiary/aromatic N) is 1. The smallest absolute Gasteiger partial charge is 0.182 e. The van der Waals surface area contributed by atoms with Gasteiger partial charge in [0.1, 0.15) is 0 Å². The molecule has 1 aliphatic rings. The van der Waals surface area contributed by atoms with E-state index in [4.69, 9.17) is 4.74 Å². The number of nitriles is 1. The Morgan fingerprint density at radius 1 is 1.09 bits per heavy atom. The lowest BCUT2D eigenvalue weighted by molar-refractivity contribution is -0.151. The van der Waals surface area contributed by atoms with Gasteiger partial charge in [-0.3, -0.25) is 0 Å². The van der Waals surface area contributed by atoms with Gasteiger partial charge in [0.25, 0.3) is 0 Å². The fourth-order valence-corrected chi connectivity index (χ4v) is 3.34.